The van der Waals surface area contributed by atoms with Crippen LogP contribution < -0.4 is 0 Å². The first-order valence-corrected chi connectivity index (χ1v) is 12.2. The fourth-order valence-corrected chi connectivity index (χ4v) is 6.25. The molecule has 0 aliphatic carbocycles. The highest BCUT2D eigenvalue weighted by atomic mass is 32.2. The van der Waals surface area contributed by atoms with Crippen molar-refractivity contribution in [3.8, 4) is 0 Å². The molecule has 5 heteroatoms. The zero-order valence-electron chi connectivity index (χ0n) is 13.4. The van der Waals surface area contributed by atoms with Gasteiger partial charge in [-0.3, -0.25) is 4.18 Å². The molecule has 0 bridgehead atoms. The molecule has 1 unspecified atom stereocenters. The Morgan fingerprint density at radius 3 is 2.00 bits per heavy atom. The Kier molecular flexibility index (Phi) is 4.89. The summed E-state index contributed by atoms with van der Waals surface area (Å²) >= 11 is 0. The smallest absolute Gasteiger partial charge is 0.262 e. The lowest BCUT2D eigenvalue weighted by atomic mass is 10.2. The van der Waals surface area contributed by atoms with Gasteiger partial charge in [0, 0.05) is 0 Å². The molecular formula is C17H22O3SSi. The van der Waals surface area contributed by atoms with E-state index in [2.05, 4.69) is 19.6 Å². The van der Waals surface area contributed by atoms with Crippen molar-refractivity contribution < 1.29 is 12.6 Å². The molecule has 0 radical (unpaired) electrons. The van der Waals surface area contributed by atoms with Crippen LogP contribution in [0.25, 0.3) is 0 Å². The van der Waals surface area contributed by atoms with Gasteiger partial charge in [0.05, 0.1) is 18.7 Å². The van der Waals surface area contributed by atoms with Gasteiger partial charge < -0.3 is 0 Å². The SMILES string of the molecule is Cc1ccccc1S(=O)(=O)OC(c1ccccc1)[Si](C)(C)C. The van der Waals surface area contributed by atoms with Gasteiger partial charge in [-0.05, 0) is 24.1 Å². The lowest BCUT2D eigenvalue weighted by Gasteiger charge is -2.29. The maximum absolute atomic E-state index is 12.7. The highest BCUT2D eigenvalue weighted by Gasteiger charge is 2.34. The Bertz CT molecular complexity index is 734. The van der Waals surface area contributed by atoms with Crippen molar-refractivity contribution >= 4 is 18.2 Å². The third kappa shape index (κ3) is 3.85. The number of rotatable bonds is 5. The molecule has 22 heavy (non-hydrogen) atoms. The molecule has 0 saturated carbocycles. The minimum Gasteiger partial charge on any atom is -0.262 e. The van der Waals surface area contributed by atoms with Crippen LogP contribution in [-0.4, -0.2) is 16.5 Å². The Morgan fingerprint density at radius 2 is 1.45 bits per heavy atom. The molecule has 118 valence electrons. The zero-order chi connectivity index (χ0) is 16.4. The number of hydrogen-bond donors (Lipinski definition) is 0. The molecule has 0 aliphatic heterocycles. The minimum atomic E-state index is -3.79. The lowest BCUT2D eigenvalue weighted by molar-refractivity contribution is 0.280. The van der Waals surface area contributed by atoms with Crippen LogP contribution >= 0.6 is 0 Å². The Hall–Kier alpha value is -1.43. The van der Waals surface area contributed by atoms with Crippen molar-refractivity contribution in [3.63, 3.8) is 0 Å². The molecule has 0 N–H and O–H groups in total. The summed E-state index contributed by atoms with van der Waals surface area (Å²) in [7, 11) is -5.68. The molecule has 0 spiro atoms. The fourth-order valence-electron chi connectivity index (χ4n) is 2.34. The summed E-state index contributed by atoms with van der Waals surface area (Å²) in [5.74, 6) is 0. The Morgan fingerprint density at radius 1 is 0.909 bits per heavy atom. The van der Waals surface area contributed by atoms with E-state index in [9.17, 15) is 8.42 Å². The van der Waals surface area contributed by atoms with Gasteiger partial charge in [-0.2, -0.15) is 8.42 Å². The summed E-state index contributed by atoms with van der Waals surface area (Å²) in [6.07, 6.45) is 0. The van der Waals surface area contributed by atoms with Crippen molar-refractivity contribution in [2.75, 3.05) is 0 Å². The van der Waals surface area contributed by atoms with Crippen molar-refractivity contribution in [3.05, 3.63) is 65.7 Å². The van der Waals surface area contributed by atoms with Gasteiger partial charge in [-0.1, -0.05) is 68.2 Å². The molecule has 0 amide bonds. The number of aryl methyl sites for hydroxylation is 1. The van der Waals surface area contributed by atoms with E-state index in [1.807, 2.05) is 36.4 Å². The molecule has 0 aliphatic rings. The second-order valence-corrected chi connectivity index (χ2v) is 13.3. The van der Waals surface area contributed by atoms with E-state index in [0.29, 0.717) is 5.56 Å². The monoisotopic (exact) mass is 334 g/mol. The molecule has 0 heterocycles. The van der Waals surface area contributed by atoms with E-state index in [-0.39, 0.29) is 4.90 Å². The average Bonchev–Trinajstić information content (AvgIpc) is 2.45. The minimum absolute atomic E-state index is 0.245. The first kappa shape index (κ1) is 16.9. The van der Waals surface area contributed by atoms with Crippen molar-refractivity contribution in [2.45, 2.75) is 37.2 Å². The highest BCUT2D eigenvalue weighted by molar-refractivity contribution is 7.86. The second-order valence-electron chi connectivity index (χ2n) is 6.47. The normalized spacial score (nSPS) is 13.8. The van der Waals surface area contributed by atoms with E-state index < -0.39 is 23.9 Å². The standard InChI is InChI=1S/C17H22O3SSi/c1-14-10-8-9-13-16(14)21(18,19)20-17(22(2,3)4)15-11-6-5-7-12-15/h5-13,17H,1-4H3. The van der Waals surface area contributed by atoms with Crippen molar-refractivity contribution in [1.82, 2.24) is 0 Å². The topological polar surface area (TPSA) is 43.4 Å². The molecular weight excluding hydrogens is 312 g/mol. The Balaban J connectivity index is 2.42. The first-order valence-electron chi connectivity index (χ1n) is 7.26. The van der Waals surface area contributed by atoms with Crippen LogP contribution in [0.3, 0.4) is 0 Å². The molecule has 2 aromatic rings. The average molecular weight is 335 g/mol. The summed E-state index contributed by atoms with van der Waals surface area (Å²) < 4.78 is 31.1. The van der Waals surface area contributed by atoms with Crippen LogP contribution in [0, 0.1) is 6.92 Å². The van der Waals surface area contributed by atoms with Gasteiger partial charge in [0.2, 0.25) is 0 Å². The third-order valence-corrected chi connectivity index (χ3v) is 7.11. The molecule has 0 saturated heterocycles. The van der Waals surface area contributed by atoms with Crippen molar-refractivity contribution in [1.29, 1.82) is 0 Å². The quantitative estimate of drug-likeness (QED) is 0.604. The molecule has 2 aromatic carbocycles. The molecule has 2 rings (SSSR count). The third-order valence-electron chi connectivity index (χ3n) is 3.47. The summed E-state index contributed by atoms with van der Waals surface area (Å²) in [4.78, 5) is 0.245. The van der Waals surface area contributed by atoms with E-state index in [1.54, 1.807) is 25.1 Å². The largest absolute Gasteiger partial charge is 0.297 e. The first-order chi connectivity index (χ1) is 10.2. The number of hydrogen-bond acceptors (Lipinski definition) is 3. The highest BCUT2D eigenvalue weighted by Crippen LogP contribution is 2.32. The van der Waals surface area contributed by atoms with Gasteiger partial charge in [-0.25, -0.2) is 0 Å². The summed E-state index contributed by atoms with van der Waals surface area (Å²) in [6.45, 7) is 8.11. The zero-order valence-corrected chi connectivity index (χ0v) is 15.2. The molecule has 1 atom stereocenters. The van der Waals surface area contributed by atoms with Gasteiger partial charge >= 0.3 is 0 Å². The molecule has 0 aromatic heterocycles. The maximum Gasteiger partial charge on any atom is 0.297 e. The molecule has 0 fully saturated rings. The number of benzene rings is 2. The second kappa shape index (κ2) is 6.36. The Labute approximate surface area is 134 Å². The van der Waals surface area contributed by atoms with Crippen LogP contribution in [-0.2, 0) is 14.3 Å². The fraction of sp³-hybridized carbons (Fsp3) is 0.294. The van der Waals surface area contributed by atoms with Crippen LogP contribution in [0.4, 0.5) is 0 Å². The maximum atomic E-state index is 12.7. The van der Waals surface area contributed by atoms with Gasteiger partial charge in [0.15, 0.2) is 0 Å². The van der Waals surface area contributed by atoms with Crippen LogP contribution in [0.5, 0.6) is 0 Å². The predicted molar refractivity (Wildman–Crippen MR) is 92.0 cm³/mol. The van der Waals surface area contributed by atoms with E-state index in [4.69, 9.17) is 4.18 Å². The van der Waals surface area contributed by atoms with Crippen LogP contribution in [0.1, 0.15) is 16.9 Å². The van der Waals surface area contributed by atoms with Crippen LogP contribution in [0.2, 0.25) is 19.6 Å². The van der Waals surface area contributed by atoms with E-state index in [1.165, 1.54) is 0 Å². The van der Waals surface area contributed by atoms with Crippen LogP contribution in [0.15, 0.2) is 59.5 Å². The summed E-state index contributed by atoms with van der Waals surface area (Å²) in [5, 5.41) is 0. The lowest BCUT2D eigenvalue weighted by Crippen LogP contribution is -2.34. The van der Waals surface area contributed by atoms with Gasteiger partial charge in [0.1, 0.15) is 0 Å². The van der Waals surface area contributed by atoms with E-state index >= 15 is 0 Å². The summed E-state index contributed by atoms with van der Waals surface area (Å²) in [6, 6.07) is 16.5. The van der Waals surface area contributed by atoms with E-state index in [0.717, 1.165) is 5.56 Å². The van der Waals surface area contributed by atoms with Crippen molar-refractivity contribution in [2.24, 2.45) is 0 Å². The molecule has 3 nitrogen and oxygen atoms in total. The predicted octanol–water partition coefficient (Wildman–Crippen LogP) is 4.32. The van der Waals surface area contributed by atoms with Gasteiger partial charge in [0.25, 0.3) is 10.1 Å². The summed E-state index contributed by atoms with van der Waals surface area (Å²) in [5.41, 5.74) is 1.21. The van der Waals surface area contributed by atoms with Gasteiger partial charge in [-0.15, -0.1) is 0 Å².